The SMILES string of the molecule is CCOC(=O)C1CCCN(C(=O)CSc2nnc(-c3c[nH]c4ccccc34)n2CC2CCCO2)C1. The lowest BCUT2D eigenvalue weighted by atomic mass is 9.98. The summed E-state index contributed by atoms with van der Waals surface area (Å²) in [4.78, 5) is 30.3. The Morgan fingerprint density at radius 1 is 1.23 bits per heavy atom. The van der Waals surface area contributed by atoms with Crippen LogP contribution in [-0.2, 0) is 25.6 Å². The molecule has 186 valence electrons. The summed E-state index contributed by atoms with van der Waals surface area (Å²) < 4.78 is 13.2. The van der Waals surface area contributed by atoms with E-state index in [9.17, 15) is 9.59 Å². The Balaban J connectivity index is 1.33. The highest BCUT2D eigenvalue weighted by Gasteiger charge is 2.30. The number of nitrogens with one attached hydrogen (secondary N) is 1. The van der Waals surface area contributed by atoms with Crippen molar-refractivity contribution in [1.29, 1.82) is 0 Å². The molecule has 0 bridgehead atoms. The summed E-state index contributed by atoms with van der Waals surface area (Å²) in [5.41, 5.74) is 2.03. The molecule has 0 spiro atoms. The van der Waals surface area contributed by atoms with Crippen LogP contribution in [0.25, 0.3) is 22.3 Å². The smallest absolute Gasteiger partial charge is 0.310 e. The van der Waals surface area contributed by atoms with Crippen molar-refractivity contribution in [2.24, 2.45) is 5.92 Å². The number of esters is 1. The number of aromatic nitrogens is 4. The normalized spacial score (nSPS) is 20.4. The van der Waals surface area contributed by atoms with Crippen molar-refractivity contribution in [1.82, 2.24) is 24.6 Å². The van der Waals surface area contributed by atoms with E-state index in [4.69, 9.17) is 9.47 Å². The van der Waals surface area contributed by atoms with E-state index in [1.54, 1.807) is 11.8 Å². The van der Waals surface area contributed by atoms with Crippen molar-refractivity contribution >= 4 is 34.5 Å². The maximum Gasteiger partial charge on any atom is 0.310 e. The molecule has 35 heavy (non-hydrogen) atoms. The van der Waals surface area contributed by atoms with Gasteiger partial charge in [-0.1, -0.05) is 30.0 Å². The maximum absolute atomic E-state index is 13.0. The average Bonchev–Trinajstić information content (AvgIpc) is 3.63. The summed E-state index contributed by atoms with van der Waals surface area (Å²) in [7, 11) is 0. The Labute approximate surface area is 208 Å². The van der Waals surface area contributed by atoms with Crippen LogP contribution in [0.1, 0.15) is 32.6 Å². The second kappa shape index (κ2) is 10.8. The number of rotatable bonds is 8. The third-order valence-electron chi connectivity index (χ3n) is 6.68. The number of nitrogens with zero attached hydrogens (tertiary/aromatic N) is 4. The topological polar surface area (TPSA) is 102 Å². The second-order valence-corrected chi connectivity index (χ2v) is 9.96. The number of hydrogen-bond donors (Lipinski definition) is 1. The van der Waals surface area contributed by atoms with E-state index >= 15 is 0 Å². The lowest BCUT2D eigenvalue weighted by molar-refractivity contribution is -0.151. The summed E-state index contributed by atoms with van der Waals surface area (Å²) in [6, 6.07) is 8.12. The van der Waals surface area contributed by atoms with E-state index in [0.29, 0.717) is 31.4 Å². The lowest BCUT2D eigenvalue weighted by Crippen LogP contribution is -2.43. The first kappa shape index (κ1) is 23.9. The van der Waals surface area contributed by atoms with Crippen molar-refractivity contribution in [3.8, 4) is 11.4 Å². The van der Waals surface area contributed by atoms with Crippen molar-refractivity contribution in [3.63, 3.8) is 0 Å². The number of hydrogen-bond acceptors (Lipinski definition) is 7. The Morgan fingerprint density at radius 3 is 2.94 bits per heavy atom. The zero-order chi connectivity index (χ0) is 24.2. The molecule has 10 heteroatoms. The molecule has 2 unspecified atom stereocenters. The van der Waals surface area contributed by atoms with Crippen molar-refractivity contribution < 1.29 is 19.1 Å². The van der Waals surface area contributed by atoms with Gasteiger partial charge < -0.3 is 19.4 Å². The van der Waals surface area contributed by atoms with E-state index in [2.05, 4.69) is 25.8 Å². The minimum Gasteiger partial charge on any atom is -0.466 e. The summed E-state index contributed by atoms with van der Waals surface area (Å²) in [6.07, 6.45) is 5.69. The van der Waals surface area contributed by atoms with Crippen molar-refractivity contribution in [2.45, 2.75) is 50.4 Å². The van der Waals surface area contributed by atoms with Crippen molar-refractivity contribution in [3.05, 3.63) is 30.5 Å². The summed E-state index contributed by atoms with van der Waals surface area (Å²) in [5.74, 6) is 0.566. The van der Waals surface area contributed by atoms with Crippen LogP contribution in [0.15, 0.2) is 35.6 Å². The summed E-state index contributed by atoms with van der Waals surface area (Å²) >= 11 is 1.39. The van der Waals surface area contributed by atoms with E-state index in [1.807, 2.05) is 24.4 Å². The molecule has 2 aromatic heterocycles. The Morgan fingerprint density at radius 2 is 2.11 bits per heavy atom. The molecule has 2 fully saturated rings. The monoisotopic (exact) mass is 497 g/mol. The lowest BCUT2D eigenvalue weighted by Gasteiger charge is -2.31. The van der Waals surface area contributed by atoms with Gasteiger partial charge in [0.15, 0.2) is 11.0 Å². The number of H-pyrrole nitrogens is 1. The molecule has 0 aliphatic carbocycles. The number of aromatic amines is 1. The number of amides is 1. The first-order valence-electron chi connectivity index (χ1n) is 12.3. The third kappa shape index (κ3) is 5.23. The molecule has 1 aromatic carbocycles. The van der Waals surface area contributed by atoms with Crippen LogP contribution in [0.3, 0.4) is 0 Å². The molecule has 5 rings (SSSR count). The van der Waals surface area contributed by atoms with Gasteiger partial charge in [-0.3, -0.25) is 14.2 Å². The zero-order valence-electron chi connectivity index (χ0n) is 19.9. The van der Waals surface area contributed by atoms with Crippen LogP contribution in [0.4, 0.5) is 0 Å². The Bertz CT molecular complexity index is 1190. The van der Waals surface area contributed by atoms with E-state index in [-0.39, 0.29) is 29.7 Å². The largest absolute Gasteiger partial charge is 0.466 e. The zero-order valence-corrected chi connectivity index (χ0v) is 20.8. The quantitative estimate of drug-likeness (QED) is 0.375. The van der Waals surface area contributed by atoms with Crippen LogP contribution in [0.5, 0.6) is 0 Å². The molecule has 4 heterocycles. The van der Waals surface area contributed by atoms with Crippen LogP contribution in [-0.4, -0.2) is 74.7 Å². The fourth-order valence-electron chi connectivity index (χ4n) is 4.88. The molecule has 2 saturated heterocycles. The Kier molecular flexibility index (Phi) is 7.38. The summed E-state index contributed by atoms with van der Waals surface area (Å²) in [5, 5.41) is 10.8. The van der Waals surface area contributed by atoms with Gasteiger partial charge >= 0.3 is 5.97 Å². The third-order valence-corrected chi connectivity index (χ3v) is 7.63. The number of thioether (sulfide) groups is 1. The minimum atomic E-state index is -0.241. The molecule has 2 aliphatic heterocycles. The second-order valence-electron chi connectivity index (χ2n) is 9.02. The van der Waals surface area contributed by atoms with Crippen LogP contribution >= 0.6 is 11.8 Å². The number of ether oxygens (including phenoxy) is 2. The molecule has 9 nitrogen and oxygen atoms in total. The first-order chi connectivity index (χ1) is 17.1. The maximum atomic E-state index is 13.0. The molecule has 2 aliphatic rings. The van der Waals surface area contributed by atoms with Gasteiger partial charge in [0, 0.05) is 42.4 Å². The van der Waals surface area contributed by atoms with Crippen LogP contribution in [0, 0.1) is 5.92 Å². The van der Waals surface area contributed by atoms with Crippen LogP contribution < -0.4 is 0 Å². The van der Waals surface area contributed by atoms with E-state index in [0.717, 1.165) is 54.6 Å². The van der Waals surface area contributed by atoms with Gasteiger partial charge in [0.25, 0.3) is 0 Å². The minimum absolute atomic E-state index is 0.00399. The molecule has 0 radical (unpaired) electrons. The highest BCUT2D eigenvalue weighted by atomic mass is 32.2. The standard InChI is InChI=1S/C25H31N5O4S/c1-2-33-24(32)17-7-5-11-29(14-17)22(31)16-35-25-28-27-23(30(25)15-18-8-6-12-34-18)20-13-26-21-10-4-3-9-19(20)21/h3-4,9-10,13,17-18,26H,2,5-8,11-12,14-16H2,1H3. The van der Waals surface area contributed by atoms with E-state index < -0.39 is 0 Å². The number of carbonyl (C=O) groups excluding carboxylic acids is 2. The van der Waals surface area contributed by atoms with Gasteiger partial charge in [0.05, 0.1) is 30.9 Å². The molecular formula is C25H31N5O4S. The van der Waals surface area contributed by atoms with Gasteiger partial charge in [0.1, 0.15) is 0 Å². The Hall–Kier alpha value is -2.85. The van der Waals surface area contributed by atoms with Gasteiger partial charge in [-0.25, -0.2) is 0 Å². The predicted octanol–water partition coefficient (Wildman–Crippen LogP) is 3.50. The molecule has 3 aromatic rings. The first-order valence-corrected chi connectivity index (χ1v) is 13.3. The van der Waals surface area contributed by atoms with Gasteiger partial charge in [-0.05, 0) is 38.7 Å². The fourth-order valence-corrected chi connectivity index (χ4v) is 5.73. The highest BCUT2D eigenvalue weighted by molar-refractivity contribution is 7.99. The molecule has 1 amide bonds. The fraction of sp³-hybridized carbons (Fsp3) is 0.520. The van der Waals surface area contributed by atoms with Crippen LogP contribution in [0.2, 0.25) is 0 Å². The molecule has 2 atom stereocenters. The number of para-hydroxylation sites is 1. The van der Waals surface area contributed by atoms with E-state index in [1.165, 1.54) is 11.8 Å². The highest BCUT2D eigenvalue weighted by Crippen LogP contribution is 2.31. The van der Waals surface area contributed by atoms with Gasteiger partial charge in [-0.2, -0.15) is 0 Å². The summed E-state index contributed by atoms with van der Waals surface area (Å²) in [6.45, 7) is 4.66. The number of piperidine rings is 1. The number of fused-ring (bicyclic) bond motifs is 1. The van der Waals surface area contributed by atoms with Gasteiger partial charge in [-0.15, -0.1) is 10.2 Å². The molecule has 1 N–H and O–H groups in total. The van der Waals surface area contributed by atoms with Gasteiger partial charge in [0.2, 0.25) is 5.91 Å². The van der Waals surface area contributed by atoms with Crippen molar-refractivity contribution in [2.75, 3.05) is 32.1 Å². The number of likely N-dealkylation sites (tertiary alicyclic amines) is 1. The molecular weight excluding hydrogens is 466 g/mol. The average molecular weight is 498 g/mol. The number of carbonyl (C=O) groups is 2. The molecule has 0 saturated carbocycles. The number of benzene rings is 1. The predicted molar refractivity (Wildman–Crippen MR) is 133 cm³/mol.